The van der Waals surface area contributed by atoms with Crippen LogP contribution < -0.4 is 4.90 Å². The van der Waals surface area contributed by atoms with E-state index < -0.39 is 15.8 Å². The number of amides is 1. The number of benzene rings is 1. The minimum atomic E-state index is -3.75. The Morgan fingerprint density at radius 1 is 1.00 bits per heavy atom. The lowest BCUT2D eigenvalue weighted by atomic mass is 9.98. The van der Waals surface area contributed by atoms with Crippen LogP contribution in [0.5, 0.6) is 0 Å². The van der Waals surface area contributed by atoms with Crippen LogP contribution in [0.2, 0.25) is 0 Å². The zero-order valence-corrected chi connectivity index (χ0v) is 17.3. The van der Waals surface area contributed by atoms with Crippen LogP contribution in [0.1, 0.15) is 12.8 Å². The SMILES string of the molecule is O=C(C1CCCN(S(=O)(=O)c2ccc(F)cc2)C1)N1CCN(c2ncccn2)CC1. The second kappa shape index (κ2) is 8.65. The molecule has 4 rings (SSSR count). The van der Waals surface area contributed by atoms with Gasteiger partial charge in [0.15, 0.2) is 0 Å². The zero-order valence-electron chi connectivity index (χ0n) is 16.5. The molecule has 2 aliphatic heterocycles. The molecule has 30 heavy (non-hydrogen) atoms. The van der Waals surface area contributed by atoms with Crippen LogP contribution in [0.4, 0.5) is 10.3 Å². The first-order valence-corrected chi connectivity index (χ1v) is 11.5. The molecule has 1 aromatic heterocycles. The highest BCUT2D eigenvalue weighted by Gasteiger charge is 2.36. The molecule has 3 heterocycles. The Bertz CT molecular complexity index is 979. The van der Waals surface area contributed by atoms with E-state index in [2.05, 4.69) is 9.97 Å². The largest absolute Gasteiger partial charge is 0.339 e. The first-order valence-electron chi connectivity index (χ1n) is 10.0. The molecule has 0 spiro atoms. The summed E-state index contributed by atoms with van der Waals surface area (Å²) in [5.74, 6) is -0.212. The molecule has 1 atom stereocenters. The van der Waals surface area contributed by atoms with E-state index in [-0.39, 0.29) is 23.3 Å². The van der Waals surface area contributed by atoms with Gasteiger partial charge in [-0.25, -0.2) is 22.8 Å². The molecular formula is C20H24FN5O3S. The summed E-state index contributed by atoms with van der Waals surface area (Å²) >= 11 is 0. The molecular weight excluding hydrogens is 409 g/mol. The second-order valence-electron chi connectivity index (χ2n) is 7.52. The lowest BCUT2D eigenvalue weighted by Gasteiger charge is -2.38. The number of sulfonamides is 1. The van der Waals surface area contributed by atoms with Crippen molar-refractivity contribution in [2.24, 2.45) is 5.92 Å². The fourth-order valence-electron chi connectivity index (χ4n) is 3.96. The van der Waals surface area contributed by atoms with Gasteiger partial charge in [0.25, 0.3) is 0 Å². The maximum atomic E-state index is 13.2. The van der Waals surface area contributed by atoms with Crippen molar-refractivity contribution in [2.45, 2.75) is 17.7 Å². The van der Waals surface area contributed by atoms with Crippen LogP contribution in [0.25, 0.3) is 0 Å². The van der Waals surface area contributed by atoms with Crippen LogP contribution in [0.3, 0.4) is 0 Å². The topological polar surface area (TPSA) is 86.7 Å². The van der Waals surface area contributed by atoms with Crippen LogP contribution in [0.15, 0.2) is 47.6 Å². The Labute approximate surface area is 175 Å². The number of anilines is 1. The Morgan fingerprint density at radius 2 is 1.67 bits per heavy atom. The minimum absolute atomic E-state index is 0.0114. The molecule has 0 bridgehead atoms. The highest BCUT2D eigenvalue weighted by molar-refractivity contribution is 7.89. The molecule has 0 aliphatic carbocycles. The molecule has 1 unspecified atom stereocenters. The first-order chi connectivity index (χ1) is 14.4. The molecule has 0 saturated carbocycles. The Balaban J connectivity index is 1.39. The summed E-state index contributed by atoms with van der Waals surface area (Å²) < 4.78 is 40.3. The van der Waals surface area contributed by atoms with Crippen molar-refractivity contribution >= 4 is 21.9 Å². The third kappa shape index (κ3) is 4.29. The van der Waals surface area contributed by atoms with E-state index in [9.17, 15) is 17.6 Å². The lowest BCUT2D eigenvalue weighted by Crippen LogP contribution is -2.53. The van der Waals surface area contributed by atoms with Crippen LogP contribution >= 0.6 is 0 Å². The number of piperazine rings is 1. The number of carbonyl (C=O) groups is 1. The molecule has 2 fully saturated rings. The van der Waals surface area contributed by atoms with Crippen molar-refractivity contribution in [2.75, 3.05) is 44.2 Å². The minimum Gasteiger partial charge on any atom is -0.339 e. The summed E-state index contributed by atoms with van der Waals surface area (Å²) in [6.07, 6.45) is 4.67. The number of rotatable bonds is 4. The quantitative estimate of drug-likeness (QED) is 0.724. The second-order valence-corrected chi connectivity index (χ2v) is 9.46. The summed E-state index contributed by atoms with van der Waals surface area (Å²) in [6.45, 7) is 2.90. The van der Waals surface area contributed by atoms with E-state index in [1.165, 1.54) is 16.4 Å². The maximum absolute atomic E-state index is 13.2. The number of nitrogens with zero attached hydrogens (tertiary/aromatic N) is 5. The van der Waals surface area contributed by atoms with E-state index in [0.717, 1.165) is 12.1 Å². The fraction of sp³-hybridized carbons (Fsp3) is 0.450. The predicted octanol–water partition coefficient (Wildman–Crippen LogP) is 1.37. The van der Waals surface area contributed by atoms with Crippen LogP contribution in [-0.4, -0.2) is 72.8 Å². The van der Waals surface area contributed by atoms with Gasteiger partial charge in [0, 0.05) is 51.7 Å². The summed E-state index contributed by atoms with van der Waals surface area (Å²) in [5.41, 5.74) is 0. The van der Waals surface area contributed by atoms with Crippen molar-refractivity contribution in [1.82, 2.24) is 19.2 Å². The van der Waals surface area contributed by atoms with Crippen molar-refractivity contribution in [1.29, 1.82) is 0 Å². The molecule has 8 nitrogen and oxygen atoms in total. The fourth-order valence-corrected chi connectivity index (χ4v) is 5.48. The van der Waals surface area contributed by atoms with Crippen LogP contribution in [0, 0.1) is 11.7 Å². The smallest absolute Gasteiger partial charge is 0.243 e. The molecule has 0 radical (unpaired) electrons. The third-order valence-electron chi connectivity index (χ3n) is 5.61. The van der Waals surface area contributed by atoms with Crippen LogP contribution in [-0.2, 0) is 14.8 Å². The average Bonchev–Trinajstić information content (AvgIpc) is 2.80. The molecule has 10 heteroatoms. The van der Waals surface area contributed by atoms with Gasteiger partial charge < -0.3 is 9.80 Å². The number of piperidine rings is 1. The highest BCUT2D eigenvalue weighted by Crippen LogP contribution is 2.25. The van der Waals surface area contributed by atoms with Crippen molar-refractivity contribution in [3.8, 4) is 0 Å². The van der Waals surface area contributed by atoms with Gasteiger partial charge in [-0.2, -0.15) is 4.31 Å². The first kappa shape index (κ1) is 20.7. The summed E-state index contributed by atoms with van der Waals surface area (Å²) in [7, 11) is -3.75. The van der Waals surface area contributed by atoms with E-state index in [1.54, 1.807) is 23.4 Å². The average molecular weight is 434 g/mol. The Hall–Kier alpha value is -2.59. The lowest BCUT2D eigenvalue weighted by molar-refractivity contribution is -0.137. The van der Waals surface area contributed by atoms with Crippen molar-refractivity contribution in [3.05, 3.63) is 48.5 Å². The number of hydrogen-bond acceptors (Lipinski definition) is 6. The molecule has 0 N–H and O–H groups in total. The number of carbonyl (C=O) groups excluding carboxylic acids is 1. The van der Waals surface area contributed by atoms with Crippen molar-refractivity contribution < 1.29 is 17.6 Å². The van der Waals surface area contributed by atoms with Gasteiger partial charge in [-0.15, -0.1) is 0 Å². The van der Waals surface area contributed by atoms with E-state index in [4.69, 9.17) is 0 Å². The molecule has 1 amide bonds. The normalized spacial score (nSPS) is 20.9. The van der Waals surface area contributed by atoms with E-state index in [0.29, 0.717) is 51.5 Å². The molecule has 1 aromatic carbocycles. The van der Waals surface area contributed by atoms with Crippen molar-refractivity contribution in [3.63, 3.8) is 0 Å². The van der Waals surface area contributed by atoms with Gasteiger partial charge in [-0.05, 0) is 43.2 Å². The maximum Gasteiger partial charge on any atom is 0.243 e. The zero-order chi connectivity index (χ0) is 21.1. The monoisotopic (exact) mass is 433 g/mol. The van der Waals surface area contributed by atoms with Gasteiger partial charge in [0.2, 0.25) is 21.9 Å². The molecule has 2 saturated heterocycles. The third-order valence-corrected chi connectivity index (χ3v) is 7.49. The Kier molecular flexibility index (Phi) is 5.96. The van der Waals surface area contributed by atoms with Gasteiger partial charge >= 0.3 is 0 Å². The van der Waals surface area contributed by atoms with Gasteiger partial charge in [0.05, 0.1) is 10.8 Å². The van der Waals surface area contributed by atoms with E-state index >= 15 is 0 Å². The molecule has 2 aromatic rings. The molecule has 160 valence electrons. The summed E-state index contributed by atoms with van der Waals surface area (Å²) in [4.78, 5) is 25.4. The number of aromatic nitrogens is 2. The van der Waals surface area contributed by atoms with Gasteiger partial charge in [-0.3, -0.25) is 4.79 Å². The number of halogens is 1. The van der Waals surface area contributed by atoms with Gasteiger partial charge in [-0.1, -0.05) is 0 Å². The predicted molar refractivity (Wildman–Crippen MR) is 109 cm³/mol. The number of hydrogen-bond donors (Lipinski definition) is 0. The van der Waals surface area contributed by atoms with Gasteiger partial charge in [0.1, 0.15) is 5.82 Å². The highest BCUT2D eigenvalue weighted by atomic mass is 32.2. The Morgan fingerprint density at radius 3 is 2.33 bits per heavy atom. The summed E-state index contributed by atoms with van der Waals surface area (Å²) in [6, 6.07) is 6.56. The standard InChI is InChI=1S/C20H24FN5O3S/c21-17-4-6-18(7-5-17)30(28,29)26-10-1-3-16(15-26)19(27)24-11-13-25(14-12-24)20-22-8-2-9-23-20/h2,4-9,16H,1,3,10-15H2. The van der Waals surface area contributed by atoms with E-state index in [1.807, 2.05) is 4.90 Å². The summed E-state index contributed by atoms with van der Waals surface area (Å²) in [5, 5.41) is 0. The molecule has 2 aliphatic rings.